The van der Waals surface area contributed by atoms with Crippen LogP contribution in [0.4, 0.5) is 0 Å². The first-order valence-corrected chi connectivity index (χ1v) is 6.53. The fourth-order valence-corrected chi connectivity index (χ4v) is 2.55. The van der Waals surface area contributed by atoms with Crippen molar-refractivity contribution in [2.24, 2.45) is 0 Å². The van der Waals surface area contributed by atoms with E-state index in [4.69, 9.17) is 11.6 Å². The third kappa shape index (κ3) is 2.91. The molecule has 1 saturated heterocycles. The molecule has 1 aliphatic rings. The second kappa shape index (κ2) is 5.00. The summed E-state index contributed by atoms with van der Waals surface area (Å²) in [5.41, 5.74) is -0.0513. The smallest absolute Gasteiger partial charge is 0.179 e. The number of β-amino-alcohol motifs (C(OH)–C–C–N with tert-alkyl or cyclic N) is 1. The van der Waals surface area contributed by atoms with Crippen molar-refractivity contribution < 1.29 is 9.90 Å². The third-order valence-electron chi connectivity index (χ3n) is 3.52. The maximum atomic E-state index is 12.3. The van der Waals surface area contributed by atoms with Crippen molar-refractivity contribution in [3.63, 3.8) is 0 Å². The van der Waals surface area contributed by atoms with Gasteiger partial charge >= 0.3 is 0 Å². The van der Waals surface area contributed by atoms with Gasteiger partial charge in [0.1, 0.15) is 0 Å². The molecule has 0 aliphatic carbocycles. The van der Waals surface area contributed by atoms with Crippen molar-refractivity contribution in [2.75, 3.05) is 13.1 Å². The normalized spacial score (nSPS) is 26.2. The van der Waals surface area contributed by atoms with Crippen LogP contribution in [0.25, 0.3) is 0 Å². The van der Waals surface area contributed by atoms with Gasteiger partial charge in [0.25, 0.3) is 0 Å². The Morgan fingerprint density at radius 1 is 1.56 bits per heavy atom. The molecule has 4 heteroatoms. The van der Waals surface area contributed by atoms with E-state index in [1.54, 1.807) is 24.3 Å². The average molecular weight is 268 g/mol. The standard InChI is InChI=1S/C14H18ClNO2/c1-10(16-7-6-14(2,18)9-16)13(17)11-4-3-5-12(15)8-11/h3-5,8,10,18H,6-7,9H2,1-2H3. The van der Waals surface area contributed by atoms with Crippen LogP contribution in [0.5, 0.6) is 0 Å². The van der Waals surface area contributed by atoms with Gasteiger partial charge in [0.15, 0.2) is 5.78 Å². The molecule has 0 spiro atoms. The molecule has 0 bridgehead atoms. The van der Waals surface area contributed by atoms with E-state index in [0.29, 0.717) is 23.6 Å². The molecule has 0 saturated carbocycles. The number of rotatable bonds is 3. The number of likely N-dealkylation sites (tertiary alicyclic amines) is 1. The Bertz CT molecular complexity index is 459. The molecule has 2 atom stereocenters. The SMILES string of the molecule is CC(C(=O)c1cccc(Cl)c1)N1CCC(C)(O)C1. The zero-order chi connectivity index (χ0) is 13.3. The molecule has 1 heterocycles. The highest BCUT2D eigenvalue weighted by molar-refractivity contribution is 6.31. The average Bonchev–Trinajstić information content (AvgIpc) is 2.68. The van der Waals surface area contributed by atoms with Crippen LogP contribution in [0.15, 0.2) is 24.3 Å². The van der Waals surface area contributed by atoms with E-state index >= 15 is 0 Å². The lowest BCUT2D eigenvalue weighted by Crippen LogP contribution is -2.40. The molecule has 1 fully saturated rings. The fourth-order valence-electron chi connectivity index (χ4n) is 2.36. The largest absolute Gasteiger partial charge is 0.389 e. The van der Waals surface area contributed by atoms with Crippen LogP contribution >= 0.6 is 11.6 Å². The van der Waals surface area contributed by atoms with Crippen LogP contribution in [-0.2, 0) is 0 Å². The van der Waals surface area contributed by atoms with Gasteiger partial charge in [-0.2, -0.15) is 0 Å². The number of Topliss-reactive ketones (excluding diaryl/α,β-unsaturated/α-hetero) is 1. The Hall–Kier alpha value is -0.900. The molecule has 1 aliphatic heterocycles. The van der Waals surface area contributed by atoms with E-state index in [1.165, 1.54) is 0 Å². The van der Waals surface area contributed by atoms with Crippen LogP contribution in [0, 0.1) is 0 Å². The van der Waals surface area contributed by atoms with Gasteiger partial charge in [-0.25, -0.2) is 0 Å². The minimum Gasteiger partial charge on any atom is -0.389 e. The molecule has 1 aromatic rings. The maximum Gasteiger partial charge on any atom is 0.179 e. The van der Waals surface area contributed by atoms with Crippen molar-refractivity contribution in [3.8, 4) is 0 Å². The van der Waals surface area contributed by atoms with E-state index in [-0.39, 0.29) is 11.8 Å². The first-order valence-electron chi connectivity index (χ1n) is 6.15. The number of hydrogen-bond acceptors (Lipinski definition) is 3. The first-order chi connectivity index (χ1) is 8.39. The lowest BCUT2D eigenvalue weighted by Gasteiger charge is -2.24. The number of carbonyl (C=O) groups is 1. The molecule has 2 rings (SSSR count). The van der Waals surface area contributed by atoms with Crippen LogP contribution < -0.4 is 0 Å². The van der Waals surface area contributed by atoms with Gasteiger partial charge in [-0.3, -0.25) is 9.69 Å². The van der Waals surface area contributed by atoms with Gasteiger partial charge in [-0.05, 0) is 32.4 Å². The quantitative estimate of drug-likeness (QED) is 0.855. The fraction of sp³-hybridized carbons (Fsp3) is 0.500. The van der Waals surface area contributed by atoms with E-state index < -0.39 is 5.60 Å². The highest BCUT2D eigenvalue weighted by Gasteiger charge is 2.35. The Kier molecular flexibility index (Phi) is 3.76. The Morgan fingerprint density at radius 2 is 2.28 bits per heavy atom. The topological polar surface area (TPSA) is 40.5 Å². The summed E-state index contributed by atoms with van der Waals surface area (Å²) >= 11 is 5.89. The van der Waals surface area contributed by atoms with Gasteiger partial charge in [-0.15, -0.1) is 0 Å². The van der Waals surface area contributed by atoms with E-state index in [9.17, 15) is 9.90 Å². The van der Waals surface area contributed by atoms with Crippen molar-refractivity contribution >= 4 is 17.4 Å². The summed E-state index contributed by atoms with van der Waals surface area (Å²) in [5.74, 6) is 0.0511. The van der Waals surface area contributed by atoms with Gasteiger partial charge < -0.3 is 5.11 Å². The van der Waals surface area contributed by atoms with Crippen LogP contribution in [0.3, 0.4) is 0 Å². The Morgan fingerprint density at radius 3 is 2.83 bits per heavy atom. The molecule has 1 aromatic carbocycles. The predicted octanol–water partition coefficient (Wildman–Crippen LogP) is 2.37. The van der Waals surface area contributed by atoms with Crippen LogP contribution in [0.1, 0.15) is 30.6 Å². The Labute approximate surface area is 112 Å². The molecule has 1 N–H and O–H groups in total. The van der Waals surface area contributed by atoms with E-state index in [1.807, 2.05) is 18.7 Å². The van der Waals surface area contributed by atoms with Crippen LogP contribution in [-0.4, -0.2) is 40.5 Å². The van der Waals surface area contributed by atoms with Gasteiger partial charge in [0.05, 0.1) is 11.6 Å². The number of nitrogens with zero attached hydrogens (tertiary/aromatic N) is 1. The summed E-state index contributed by atoms with van der Waals surface area (Å²) in [6.45, 7) is 4.98. The summed E-state index contributed by atoms with van der Waals surface area (Å²) < 4.78 is 0. The van der Waals surface area contributed by atoms with Crippen LogP contribution in [0.2, 0.25) is 5.02 Å². The minimum absolute atomic E-state index is 0.0511. The van der Waals surface area contributed by atoms with E-state index in [0.717, 1.165) is 6.54 Å². The lowest BCUT2D eigenvalue weighted by molar-refractivity contribution is 0.0597. The second-order valence-corrected chi connectivity index (χ2v) is 5.70. The van der Waals surface area contributed by atoms with Crippen molar-refractivity contribution in [1.82, 2.24) is 4.90 Å². The van der Waals surface area contributed by atoms with Gasteiger partial charge in [0.2, 0.25) is 0 Å². The Balaban J connectivity index is 2.10. The maximum absolute atomic E-state index is 12.3. The summed E-state index contributed by atoms with van der Waals surface area (Å²) in [5, 5.41) is 10.5. The number of hydrogen-bond donors (Lipinski definition) is 1. The lowest BCUT2D eigenvalue weighted by atomic mass is 10.0. The second-order valence-electron chi connectivity index (χ2n) is 5.27. The first kappa shape index (κ1) is 13.5. The molecule has 2 unspecified atom stereocenters. The molecule has 98 valence electrons. The number of ketones is 1. The summed E-state index contributed by atoms with van der Waals surface area (Å²) in [7, 11) is 0. The number of carbonyl (C=O) groups excluding carboxylic acids is 1. The van der Waals surface area contributed by atoms with Crippen molar-refractivity contribution in [2.45, 2.75) is 31.9 Å². The number of aliphatic hydroxyl groups is 1. The van der Waals surface area contributed by atoms with Gasteiger partial charge in [0, 0.05) is 23.7 Å². The summed E-state index contributed by atoms with van der Waals surface area (Å²) in [6, 6.07) is 6.78. The number of halogens is 1. The highest BCUT2D eigenvalue weighted by Crippen LogP contribution is 2.24. The molecule has 18 heavy (non-hydrogen) atoms. The molecule has 0 aromatic heterocycles. The van der Waals surface area contributed by atoms with Gasteiger partial charge in [-0.1, -0.05) is 23.7 Å². The zero-order valence-electron chi connectivity index (χ0n) is 10.7. The third-order valence-corrected chi connectivity index (χ3v) is 3.75. The van der Waals surface area contributed by atoms with Crippen molar-refractivity contribution in [1.29, 1.82) is 0 Å². The predicted molar refractivity (Wildman–Crippen MR) is 72.1 cm³/mol. The molecule has 0 radical (unpaired) electrons. The number of benzene rings is 1. The summed E-state index contributed by atoms with van der Waals surface area (Å²) in [4.78, 5) is 14.3. The minimum atomic E-state index is -0.678. The molecular weight excluding hydrogens is 250 g/mol. The zero-order valence-corrected chi connectivity index (χ0v) is 11.4. The monoisotopic (exact) mass is 267 g/mol. The van der Waals surface area contributed by atoms with E-state index in [2.05, 4.69) is 0 Å². The molecular formula is C14H18ClNO2. The van der Waals surface area contributed by atoms with Crippen molar-refractivity contribution in [3.05, 3.63) is 34.9 Å². The molecule has 3 nitrogen and oxygen atoms in total. The molecule has 0 amide bonds. The summed E-state index contributed by atoms with van der Waals surface area (Å²) in [6.07, 6.45) is 0.708. The highest BCUT2D eigenvalue weighted by atomic mass is 35.5.